The minimum absolute atomic E-state index is 0.0825. The fraction of sp³-hybridized carbons (Fsp3) is 0.432. The quantitative estimate of drug-likeness (QED) is 0.0883. The van der Waals surface area contributed by atoms with E-state index < -0.39 is 109 Å². The Balaban J connectivity index is 1.27. The van der Waals surface area contributed by atoms with Crippen LogP contribution in [0.1, 0.15) is 56.8 Å². The van der Waals surface area contributed by atoms with E-state index in [-0.39, 0.29) is 38.1 Å². The summed E-state index contributed by atoms with van der Waals surface area (Å²) in [6, 6.07) is 6.40. The van der Waals surface area contributed by atoms with Crippen LogP contribution in [0.25, 0.3) is 21.8 Å². The van der Waals surface area contributed by atoms with Crippen molar-refractivity contribution in [2.75, 3.05) is 19.7 Å². The van der Waals surface area contributed by atoms with Gasteiger partial charge in [0.1, 0.15) is 36.3 Å². The summed E-state index contributed by atoms with van der Waals surface area (Å²) >= 11 is 0. The van der Waals surface area contributed by atoms with Crippen LogP contribution in [0.5, 0.6) is 0 Å². The molecule has 344 valence electrons. The number of hydrogen-bond acceptors (Lipinski definition) is 10. The molecule has 5 heterocycles. The third-order valence-electron chi connectivity index (χ3n) is 12.0. The minimum Gasteiger partial charge on any atom is -0.480 e. The molecule has 0 spiro atoms. The lowest BCUT2D eigenvalue weighted by molar-refractivity contribution is -0.142. The Kier molecular flexibility index (Phi) is 13.8. The normalized spacial score (nSPS) is 23.8. The monoisotopic (exact) mass is 896 g/mol. The molecule has 65 heavy (non-hydrogen) atoms. The van der Waals surface area contributed by atoms with Gasteiger partial charge in [0.05, 0.1) is 18.7 Å². The molecule has 2 saturated heterocycles. The van der Waals surface area contributed by atoms with Gasteiger partial charge in [0.2, 0.25) is 41.4 Å². The third-order valence-corrected chi connectivity index (χ3v) is 12.0. The molecule has 2 aromatic heterocycles. The van der Waals surface area contributed by atoms with E-state index >= 15 is 0 Å². The fourth-order valence-corrected chi connectivity index (χ4v) is 8.63. The summed E-state index contributed by atoms with van der Waals surface area (Å²) < 4.78 is 1.39. The Bertz CT molecular complexity index is 2530. The number of hydrogen-bond donors (Lipinski definition) is 10. The lowest BCUT2D eigenvalue weighted by atomic mass is 10.0. The number of carboxylic acid groups (broad SMARTS) is 1. The van der Waals surface area contributed by atoms with E-state index in [0.29, 0.717) is 34.9 Å². The van der Waals surface area contributed by atoms with Gasteiger partial charge in [-0.1, -0.05) is 50.2 Å². The number of rotatable bonds is 10. The van der Waals surface area contributed by atoms with Crippen molar-refractivity contribution in [3.8, 4) is 0 Å². The maximum atomic E-state index is 14.9. The molecule has 10 N–H and O–H groups in total. The maximum Gasteiger partial charge on any atom is 0.326 e. The number of nitrogens with one attached hydrogen (secondary N) is 8. The van der Waals surface area contributed by atoms with E-state index in [4.69, 9.17) is 0 Å². The molecule has 8 amide bonds. The molecular weight excluding hydrogens is 845 g/mol. The number of carboxylic acids is 1. The number of aliphatic hydroxyl groups is 1. The first-order valence-corrected chi connectivity index (χ1v) is 21.5. The molecule has 1 unspecified atom stereocenters. The average Bonchev–Trinajstić information content (AvgIpc) is 4.11. The Labute approximate surface area is 371 Å². The van der Waals surface area contributed by atoms with Gasteiger partial charge in [0.25, 0.3) is 5.91 Å². The Hall–Kier alpha value is -7.29. The number of aliphatic hydroxyl groups excluding tert-OH is 1. The molecule has 0 aliphatic carbocycles. The highest BCUT2D eigenvalue weighted by molar-refractivity contribution is 5.99. The van der Waals surface area contributed by atoms with Crippen LogP contribution in [0.4, 0.5) is 0 Å². The van der Waals surface area contributed by atoms with Crippen LogP contribution in [0, 0.1) is 5.92 Å². The van der Waals surface area contributed by atoms with E-state index in [1.165, 1.54) is 15.7 Å². The van der Waals surface area contributed by atoms with Gasteiger partial charge >= 0.3 is 5.97 Å². The summed E-state index contributed by atoms with van der Waals surface area (Å²) in [7, 11) is 0. The molecule has 0 saturated carbocycles. The van der Waals surface area contributed by atoms with E-state index in [0.717, 1.165) is 10.9 Å². The van der Waals surface area contributed by atoms with Gasteiger partial charge in [-0.15, -0.1) is 0 Å². The van der Waals surface area contributed by atoms with Gasteiger partial charge < -0.3 is 61.9 Å². The first-order chi connectivity index (χ1) is 31.1. The summed E-state index contributed by atoms with van der Waals surface area (Å²) in [4.78, 5) is 126. The number of carbonyl (C=O) groups excluding carboxylic acids is 8. The van der Waals surface area contributed by atoms with Crippen LogP contribution < -0.4 is 37.2 Å². The summed E-state index contributed by atoms with van der Waals surface area (Å²) in [6.45, 7) is 1.99. The number of likely N-dealkylation sites (tertiary alicyclic amines) is 1. The molecule has 7 rings (SSSR count). The zero-order chi connectivity index (χ0) is 46.5. The average molecular weight is 897 g/mol. The van der Waals surface area contributed by atoms with Crippen molar-refractivity contribution >= 4 is 75.0 Å². The maximum absolute atomic E-state index is 14.9. The predicted octanol–water partition coefficient (Wildman–Crippen LogP) is -1.41. The largest absolute Gasteiger partial charge is 0.480 e. The molecule has 2 bridgehead atoms. The first kappa shape index (κ1) is 45.7. The number of aliphatic carboxylic acids is 1. The topological polar surface area (TPSA) is 302 Å². The number of amides is 8. The van der Waals surface area contributed by atoms with Crippen molar-refractivity contribution < 1.29 is 53.4 Å². The fourth-order valence-electron chi connectivity index (χ4n) is 8.63. The number of H-pyrrole nitrogens is 1. The molecule has 21 nitrogen and oxygen atoms in total. The smallest absolute Gasteiger partial charge is 0.326 e. The second-order valence-corrected chi connectivity index (χ2v) is 16.8. The number of aromatic amines is 1. The molecule has 0 radical (unpaired) electrons. The highest BCUT2D eigenvalue weighted by Gasteiger charge is 2.41. The van der Waals surface area contributed by atoms with E-state index in [1.807, 2.05) is 24.3 Å². The Morgan fingerprint density at radius 2 is 1.58 bits per heavy atom. The lowest BCUT2D eigenvalue weighted by Gasteiger charge is -2.30. The number of fused-ring (bicyclic) bond motifs is 6. The van der Waals surface area contributed by atoms with E-state index in [2.05, 4.69) is 42.2 Å². The molecule has 2 fully saturated rings. The van der Waals surface area contributed by atoms with Crippen molar-refractivity contribution in [1.29, 1.82) is 0 Å². The third kappa shape index (κ3) is 10.1. The van der Waals surface area contributed by atoms with Gasteiger partial charge in [-0.3, -0.25) is 38.4 Å². The van der Waals surface area contributed by atoms with Crippen LogP contribution in [0.15, 0.2) is 60.9 Å². The van der Waals surface area contributed by atoms with Crippen molar-refractivity contribution in [2.45, 2.75) is 94.8 Å². The number of aromatic nitrogens is 2. The van der Waals surface area contributed by atoms with Gasteiger partial charge in [-0.05, 0) is 48.4 Å². The predicted molar refractivity (Wildman–Crippen MR) is 231 cm³/mol. The van der Waals surface area contributed by atoms with Crippen LogP contribution in [-0.4, -0.2) is 134 Å². The Morgan fingerprint density at radius 1 is 0.846 bits per heavy atom. The van der Waals surface area contributed by atoms with Gasteiger partial charge in [0.15, 0.2) is 6.17 Å². The van der Waals surface area contributed by atoms with Crippen LogP contribution in [-0.2, 0) is 56.0 Å². The molecule has 2 aromatic carbocycles. The SMILES string of the molecule is CC(C)[C@@H]1NC(=O)[C@H](NC(=O)C(Cc2c[nH]c3ccccc23)NC(=O)[C@@H]2CCCN2C(=O)[C@@H]2CCC(=O)N2)n2cc(c3ccccc32)C[C@@H](C(=O)O)NC(=O)[C@H](CO)NC(=O)CNC1=O. The molecular formula is C44H52N10O11. The number of para-hydroxylation sites is 2. The number of carbonyl (C=O) groups is 9. The molecule has 3 aliphatic heterocycles. The van der Waals surface area contributed by atoms with Crippen molar-refractivity contribution in [1.82, 2.24) is 51.7 Å². The summed E-state index contributed by atoms with van der Waals surface area (Å²) in [5.41, 5.74) is 2.07. The van der Waals surface area contributed by atoms with E-state index in [9.17, 15) is 53.4 Å². The first-order valence-electron chi connectivity index (χ1n) is 21.5. The van der Waals surface area contributed by atoms with Crippen molar-refractivity contribution in [3.05, 3.63) is 72.1 Å². The molecule has 4 aromatic rings. The van der Waals surface area contributed by atoms with Gasteiger partial charge in [-0.2, -0.15) is 0 Å². The lowest BCUT2D eigenvalue weighted by Crippen LogP contribution is -2.58. The highest BCUT2D eigenvalue weighted by Crippen LogP contribution is 2.27. The van der Waals surface area contributed by atoms with Crippen LogP contribution in [0.2, 0.25) is 0 Å². The number of nitrogens with zero attached hydrogens (tertiary/aromatic N) is 2. The molecule has 21 heteroatoms. The second kappa shape index (κ2) is 19.6. The minimum atomic E-state index is -1.66. The van der Waals surface area contributed by atoms with Crippen molar-refractivity contribution in [2.24, 2.45) is 5.92 Å². The zero-order valence-corrected chi connectivity index (χ0v) is 35.7. The highest BCUT2D eigenvalue weighted by atomic mass is 16.4. The summed E-state index contributed by atoms with van der Waals surface area (Å²) in [5.74, 6) is -7.71. The molecule has 3 aliphatic rings. The number of benzene rings is 2. The molecule has 7 atom stereocenters. The van der Waals surface area contributed by atoms with Crippen molar-refractivity contribution in [3.63, 3.8) is 0 Å². The van der Waals surface area contributed by atoms with Gasteiger partial charge in [-0.25, -0.2) is 4.79 Å². The van der Waals surface area contributed by atoms with Crippen LogP contribution in [0.3, 0.4) is 0 Å². The summed E-state index contributed by atoms with van der Waals surface area (Å²) in [6.07, 6.45) is 2.32. The van der Waals surface area contributed by atoms with Gasteiger partial charge in [0, 0.05) is 54.5 Å². The second-order valence-electron chi connectivity index (χ2n) is 16.8. The van der Waals surface area contributed by atoms with E-state index in [1.54, 1.807) is 44.3 Å². The van der Waals surface area contributed by atoms with Crippen LogP contribution >= 0.6 is 0 Å². The standard InChI is InChI=1S/C44H52N10O11/c1-22(2)36-41(61)46-19-35(57)48-31(21-55)39(59)50-30(44(64)65)17-24-20-54(32-11-6-4-9-26(24)32)37(42(62)51-36)52-38(58)29(16-23-18-45-27-10-5-3-8-25(23)27)49-40(60)33-12-7-15-53(33)43(63)28-13-14-34(56)47-28/h3-6,8-11,18,20,22,28-31,33,36-37,45,55H,7,12-17,19,21H2,1-2H3,(H,46,61)(H,47,56)(H,48,57)(H,49,60)(H,50,59)(H,51,62)(H,52,58)(H,64,65)/t28-,29?,30-,31-,33-,36-,37+/m0/s1. The zero-order valence-electron chi connectivity index (χ0n) is 35.7. The Morgan fingerprint density at radius 3 is 2.29 bits per heavy atom. The summed E-state index contributed by atoms with van der Waals surface area (Å²) in [5, 5.41) is 39.4.